The number of sulfonamides is 1. The molecule has 0 heterocycles. The number of hydrogen-bond acceptors (Lipinski definition) is 5. The van der Waals surface area contributed by atoms with Crippen LogP contribution in [0.3, 0.4) is 0 Å². The molecule has 230 valence electrons. The van der Waals surface area contributed by atoms with Crippen LogP contribution in [0.2, 0.25) is 15.1 Å². The molecule has 3 aromatic rings. The van der Waals surface area contributed by atoms with Gasteiger partial charge in [-0.15, -0.1) is 0 Å². The van der Waals surface area contributed by atoms with Crippen molar-refractivity contribution in [3.8, 4) is 5.75 Å². The average Bonchev–Trinajstić information content (AvgIpc) is 3.50. The van der Waals surface area contributed by atoms with E-state index in [2.05, 4.69) is 5.32 Å². The average molecular weight is 667 g/mol. The van der Waals surface area contributed by atoms with E-state index in [4.69, 9.17) is 39.5 Å². The molecule has 0 aliphatic heterocycles. The number of rotatable bonds is 12. The number of anilines is 1. The molecule has 0 saturated heterocycles. The number of halogens is 3. The first kappa shape index (κ1) is 32.9. The maximum Gasteiger partial charge on any atom is 0.264 e. The molecular formula is C31H34Cl3N3O5S. The molecule has 8 nitrogen and oxygen atoms in total. The quantitative estimate of drug-likeness (QED) is 0.232. The highest BCUT2D eigenvalue weighted by molar-refractivity contribution is 7.92. The Bertz CT molecular complexity index is 1530. The Morgan fingerprint density at radius 1 is 0.953 bits per heavy atom. The summed E-state index contributed by atoms with van der Waals surface area (Å²) in [6, 6.07) is 16.4. The topological polar surface area (TPSA) is 96.0 Å². The van der Waals surface area contributed by atoms with Crippen molar-refractivity contribution in [2.75, 3.05) is 18.0 Å². The van der Waals surface area contributed by atoms with Crippen LogP contribution in [0, 0.1) is 0 Å². The van der Waals surface area contributed by atoms with Crippen LogP contribution in [0.15, 0.2) is 71.6 Å². The minimum absolute atomic E-state index is 0.0125. The first-order valence-electron chi connectivity index (χ1n) is 14.0. The summed E-state index contributed by atoms with van der Waals surface area (Å²) in [5, 5.41) is 3.90. The van der Waals surface area contributed by atoms with Crippen LogP contribution >= 0.6 is 34.8 Å². The molecule has 4 rings (SSSR count). The normalized spacial score (nSPS) is 14.3. The molecule has 1 fully saturated rings. The Balaban J connectivity index is 1.76. The second-order valence-corrected chi connectivity index (χ2v) is 13.4. The highest BCUT2D eigenvalue weighted by atomic mass is 35.5. The lowest BCUT2D eigenvalue weighted by Crippen LogP contribution is -2.53. The summed E-state index contributed by atoms with van der Waals surface area (Å²) in [5.74, 6) is -0.579. The number of nitrogens with one attached hydrogen (secondary N) is 1. The van der Waals surface area contributed by atoms with Gasteiger partial charge in [-0.3, -0.25) is 13.9 Å². The molecule has 0 radical (unpaired) electrons. The fourth-order valence-electron chi connectivity index (χ4n) is 5.20. The van der Waals surface area contributed by atoms with Gasteiger partial charge in [-0.2, -0.15) is 0 Å². The van der Waals surface area contributed by atoms with E-state index in [0.29, 0.717) is 21.4 Å². The van der Waals surface area contributed by atoms with Gasteiger partial charge < -0.3 is 15.0 Å². The zero-order chi connectivity index (χ0) is 31.1. The number of ether oxygens (including phenoxy) is 1. The lowest BCUT2D eigenvalue weighted by molar-refractivity contribution is -0.140. The van der Waals surface area contributed by atoms with Crippen molar-refractivity contribution in [2.24, 2.45) is 0 Å². The maximum absolute atomic E-state index is 14.3. The Morgan fingerprint density at radius 3 is 2.19 bits per heavy atom. The summed E-state index contributed by atoms with van der Waals surface area (Å²) >= 11 is 19.4. The highest BCUT2D eigenvalue weighted by Gasteiger charge is 2.35. The molecule has 1 unspecified atom stereocenters. The molecule has 1 aliphatic rings. The minimum atomic E-state index is -4.25. The molecule has 0 bridgehead atoms. The minimum Gasteiger partial charge on any atom is -0.495 e. The van der Waals surface area contributed by atoms with E-state index in [1.54, 1.807) is 43.3 Å². The molecule has 1 atom stereocenters. The zero-order valence-electron chi connectivity index (χ0n) is 23.9. The Morgan fingerprint density at radius 2 is 1.60 bits per heavy atom. The van der Waals surface area contributed by atoms with E-state index in [-0.39, 0.29) is 40.5 Å². The molecule has 2 amide bonds. The molecule has 3 aromatic carbocycles. The van der Waals surface area contributed by atoms with Gasteiger partial charge in [0.25, 0.3) is 10.0 Å². The van der Waals surface area contributed by atoms with Crippen molar-refractivity contribution >= 4 is 62.3 Å². The number of carbonyl (C=O) groups is 2. The van der Waals surface area contributed by atoms with Crippen molar-refractivity contribution < 1.29 is 22.7 Å². The van der Waals surface area contributed by atoms with Crippen LogP contribution in [0.25, 0.3) is 0 Å². The first-order valence-corrected chi connectivity index (χ1v) is 16.6. The van der Waals surface area contributed by atoms with Crippen molar-refractivity contribution in [1.29, 1.82) is 0 Å². The SMILES string of the molecule is CCC(C(=O)NC1CCCC1)N(Cc1c(Cl)cccc1Cl)C(=O)CN(c1ccc(OC)c(Cl)c1)S(=O)(=O)c1ccccc1. The number of methoxy groups -OCH3 is 1. The van der Waals surface area contributed by atoms with E-state index in [0.717, 1.165) is 30.0 Å². The van der Waals surface area contributed by atoms with Gasteiger partial charge in [0.15, 0.2) is 0 Å². The van der Waals surface area contributed by atoms with Crippen LogP contribution < -0.4 is 14.4 Å². The second kappa shape index (κ2) is 14.7. The van der Waals surface area contributed by atoms with Gasteiger partial charge in [-0.25, -0.2) is 8.42 Å². The van der Waals surface area contributed by atoms with Crippen LogP contribution in [0.1, 0.15) is 44.6 Å². The van der Waals surface area contributed by atoms with Gasteiger partial charge in [0.2, 0.25) is 11.8 Å². The molecule has 43 heavy (non-hydrogen) atoms. The van der Waals surface area contributed by atoms with E-state index in [1.807, 2.05) is 0 Å². The van der Waals surface area contributed by atoms with Gasteiger partial charge in [0.1, 0.15) is 18.3 Å². The molecule has 1 aliphatic carbocycles. The van der Waals surface area contributed by atoms with Gasteiger partial charge in [0.05, 0.1) is 22.7 Å². The molecular weight excluding hydrogens is 633 g/mol. The smallest absolute Gasteiger partial charge is 0.264 e. The number of nitrogens with zero attached hydrogens (tertiary/aromatic N) is 2. The lowest BCUT2D eigenvalue weighted by Gasteiger charge is -2.34. The zero-order valence-corrected chi connectivity index (χ0v) is 27.0. The maximum atomic E-state index is 14.3. The monoisotopic (exact) mass is 665 g/mol. The van der Waals surface area contributed by atoms with Crippen LogP contribution in [0.5, 0.6) is 5.75 Å². The van der Waals surface area contributed by atoms with Crippen molar-refractivity contribution in [3.05, 3.63) is 87.4 Å². The molecule has 1 N–H and O–H groups in total. The number of benzene rings is 3. The predicted molar refractivity (Wildman–Crippen MR) is 170 cm³/mol. The van der Waals surface area contributed by atoms with E-state index in [9.17, 15) is 18.0 Å². The number of carbonyl (C=O) groups excluding carboxylic acids is 2. The van der Waals surface area contributed by atoms with Crippen molar-refractivity contribution in [3.63, 3.8) is 0 Å². The fraction of sp³-hybridized carbons (Fsp3) is 0.355. The third-order valence-corrected chi connectivity index (χ3v) is 10.3. The molecule has 0 spiro atoms. The molecule has 1 saturated carbocycles. The van der Waals surface area contributed by atoms with Gasteiger partial charge in [-0.05, 0) is 61.7 Å². The third-order valence-electron chi connectivity index (χ3n) is 7.51. The first-order chi connectivity index (χ1) is 20.6. The predicted octanol–water partition coefficient (Wildman–Crippen LogP) is 6.72. The van der Waals surface area contributed by atoms with Gasteiger partial charge in [-0.1, -0.05) is 78.8 Å². The summed E-state index contributed by atoms with van der Waals surface area (Å²) in [6.45, 7) is 1.08. The standard InChI is InChI=1S/C31H34Cl3N3O5S/c1-3-28(31(39)35-21-10-7-8-11-21)36(19-24-25(32)14-9-15-26(24)33)30(38)20-37(22-16-17-29(42-2)27(34)18-22)43(40,41)23-12-5-4-6-13-23/h4-6,9,12-18,21,28H,3,7-8,10-11,19-20H2,1-2H3,(H,35,39). The van der Waals surface area contributed by atoms with E-state index < -0.39 is 28.5 Å². The summed E-state index contributed by atoms with van der Waals surface area (Å²) in [4.78, 5) is 29.2. The molecule has 12 heteroatoms. The summed E-state index contributed by atoms with van der Waals surface area (Å²) in [5.41, 5.74) is 0.610. The van der Waals surface area contributed by atoms with Crippen molar-refractivity contribution in [2.45, 2.75) is 62.6 Å². The highest BCUT2D eigenvalue weighted by Crippen LogP contribution is 2.33. The molecule has 0 aromatic heterocycles. The number of amides is 2. The number of hydrogen-bond donors (Lipinski definition) is 1. The Labute approximate surface area is 267 Å². The fourth-order valence-corrected chi connectivity index (χ4v) is 7.40. The summed E-state index contributed by atoms with van der Waals surface area (Å²) in [7, 11) is -2.80. The largest absolute Gasteiger partial charge is 0.495 e. The van der Waals surface area contributed by atoms with Crippen LogP contribution in [0.4, 0.5) is 5.69 Å². The summed E-state index contributed by atoms with van der Waals surface area (Å²) < 4.78 is 34.2. The van der Waals surface area contributed by atoms with Gasteiger partial charge >= 0.3 is 0 Å². The van der Waals surface area contributed by atoms with Crippen LogP contribution in [-0.4, -0.2) is 50.9 Å². The van der Waals surface area contributed by atoms with E-state index in [1.165, 1.54) is 42.3 Å². The Kier molecular flexibility index (Phi) is 11.2. The van der Waals surface area contributed by atoms with Crippen LogP contribution in [-0.2, 0) is 26.2 Å². The lowest BCUT2D eigenvalue weighted by atomic mass is 10.1. The summed E-state index contributed by atoms with van der Waals surface area (Å²) in [6.07, 6.45) is 4.07. The third kappa shape index (κ3) is 7.76. The van der Waals surface area contributed by atoms with Gasteiger partial charge in [0, 0.05) is 28.2 Å². The van der Waals surface area contributed by atoms with E-state index >= 15 is 0 Å². The Hall–Kier alpha value is -2.98. The van der Waals surface area contributed by atoms with Crippen molar-refractivity contribution in [1.82, 2.24) is 10.2 Å². The second-order valence-electron chi connectivity index (χ2n) is 10.3.